The van der Waals surface area contributed by atoms with Gasteiger partial charge in [0.25, 0.3) is 0 Å². The average molecular weight is 255 g/mol. The minimum absolute atomic E-state index is 0.0145. The van der Waals surface area contributed by atoms with E-state index in [1.807, 2.05) is 61.5 Å². The topological polar surface area (TPSA) is 38.3 Å². The molecule has 1 atom stereocenters. The summed E-state index contributed by atoms with van der Waals surface area (Å²) in [6.45, 7) is 2.50. The highest BCUT2D eigenvalue weighted by atomic mass is 16.5. The largest absolute Gasteiger partial charge is 0.489 e. The summed E-state index contributed by atoms with van der Waals surface area (Å²) in [6, 6.07) is 17.8. The molecule has 0 aliphatic rings. The molecule has 3 nitrogen and oxygen atoms in total. The molecule has 0 aliphatic carbocycles. The second-order valence-electron chi connectivity index (χ2n) is 4.35. The van der Waals surface area contributed by atoms with Crippen LogP contribution in [0.15, 0.2) is 54.6 Å². The Morgan fingerprint density at radius 3 is 2.42 bits per heavy atom. The smallest absolute Gasteiger partial charge is 0.207 e. The fourth-order valence-electron chi connectivity index (χ4n) is 1.79. The Morgan fingerprint density at radius 1 is 1.11 bits per heavy atom. The Hall–Kier alpha value is -2.29. The first kappa shape index (κ1) is 13.1. The van der Waals surface area contributed by atoms with E-state index >= 15 is 0 Å². The van der Waals surface area contributed by atoms with E-state index in [9.17, 15) is 4.79 Å². The Balaban J connectivity index is 1.93. The third kappa shape index (κ3) is 3.85. The molecule has 3 heteroatoms. The van der Waals surface area contributed by atoms with Gasteiger partial charge < -0.3 is 10.1 Å². The summed E-state index contributed by atoms with van der Waals surface area (Å²) in [4.78, 5) is 10.4. The molecule has 2 rings (SSSR count). The monoisotopic (exact) mass is 255 g/mol. The molecule has 0 bridgehead atoms. The lowest BCUT2D eigenvalue weighted by Crippen LogP contribution is -2.15. The summed E-state index contributed by atoms with van der Waals surface area (Å²) >= 11 is 0. The van der Waals surface area contributed by atoms with Crippen LogP contribution in [-0.4, -0.2) is 6.41 Å². The van der Waals surface area contributed by atoms with Crippen LogP contribution in [0.1, 0.15) is 24.1 Å². The lowest BCUT2D eigenvalue weighted by atomic mass is 10.1. The number of carbonyl (C=O) groups is 1. The molecular weight excluding hydrogens is 238 g/mol. The van der Waals surface area contributed by atoms with Crippen molar-refractivity contribution < 1.29 is 9.53 Å². The summed E-state index contributed by atoms with van der Waals surface area (Å²) in [5.74, 6) is 0.825. The highest BCUT2D eigenvalue weighted by Gasteiger charge is 2.03. The van der Waals surface area contributed by atoms with Gasteiger partial charge in [0.05, 0.1) is 6.04 Å². The summed E-state index contributed by atoms with van der Waals surface area (Å²) in [5.41, 5.74) is 2.20. The maximum absolute atomic E-state index is 10.4. The zero-order chi connectivity index (χ0) is 13.5. The third-order valence-corrected chi connectivity index (χ3v) is 2.95. The minimum atomic E-state index is 0.0145. The van der Waals surface area contributed by atoms with E-state index in [-0.39, 0.29) is 6.04 Å². The molecule has 0 unspecified atom stereocenters. The van der Waals surface area contributed by atoms with Crippen molar-refractivity contribution in [3.63, 3.8) is 0 Å². The predicted octanol–water partition coefficient (Wildman–Crippen LogP) is 3.07. The van der Waals surface area contributed by atoms with Crippen LogP contribution in [0.4, 0.5) is 0 Å². The molecule has 0 radical (unpaired) electrons. The van der Waals surface area contributed by atoms with Gasteiger partial charge in [-0.15, -0.1) is 0 Å². The Labute approximate surface area is 113 Å². The van der Waals surface area contributed by atoms with Gasteiger partial charge in [0.1, 0.15) is 12.4 Å². The van der Waals surface area contributed by atoms with Crippen molar-refractivity contribution >= 4 is 6.41 Å². The minimum Gasteiger partial charge on any atom is -0.489 e. The van der Waals surface area contributed by atoms with Crippen LogP contribution in [0, 0.1) is 0 Å². The number of benzene rings is 2. The van der Waals surface area contributed by atoms with Gasteiger partial charge in [-0.05, 0) is 30.2 Å². The van der Waals surface area contributed by atoms with Crippen molar-refractivity contribution in [3.05, 3.63) is 65.7 Å². The van der Waals surface area contributed by atoms with Crippen LogP contribution >= 0.6 is 0 Å². The average Bonchev–Trinajstić information content (AvgIpc) is 2.47. The van der Waals surface area contributed by atoms with Crippen LogP contribution in [0.3, 0.4) is 0 Å². The molecule has 2 aromatic carbocycles. The highest BCUT2D eigenvalue weighted by molar-refractivity contribution is 5.47. The van der Waals surface area contributed by atoms with E-state index < -0.39 is 0 Å². The number of carbonyl (C=O) groups excluding carboxylic acids is 1. The van der Waals surface area contributed by atoms with Gasteiger partial charge in [0.15, 0.2) is 0 Å². The molecule has 2 aromatic rings. The number of hydrogen-bond donors (Lipinski definition) is 1. The third-order valence-electron chi connectivity index (χ3n) is 2.95. The van der Waals surface area contributed by atoms with E-state index in [0.717, 1.165) is 16.9 Å². The summed E-state index contributed by atoms with van der Waals surface area (Å²) in [7, 11) is 0. The lowest BCUT2D eigenvalue weighted by molar-refractivity contribution is -0.110. The van der Waals surface area contributed by atoms with Gasteiger partial charge in [-0.1, -0.05) is 42.5 Å². The molecule has 0 spiro atoms. The van der Waals surface area contributed by atoms with Crippen LogP contribution in [0.2, 0.25) is 0 Å². The van der Waals surface area contributed by atoms with Crippen LogP contribution in [0.25, 0.3) is 0 Å². The predicted molar refractivity (Wildman–Crippen MR) is 74.8 cm³/mol. The van der Waals surface area contributed by atoms with Crippen molar-refractivity contribution in [2.45, 2.75) is 19.6 Å². The van der Waals surface area contributed by atoms with E-state index in [2.05, 4.69) is 5.32 Å². The Morgan fingerprint density at radius 2 is 1.79 bits per heavy atom. The number of ether oxygens (including phenoxy) is 1. The molecule has 0 aromatic heterocycles. The van der Waals surface area contributed by atoms with E-state index in [0.29, 0.717) is 13.0 Å². The van der Waals surface area contributed by atoms with Crippen LogP contribution < -0.4 is 10.1 Å². The molecule has 1 N–H and O–H groups in total. The maximum Gasteiger partial charge on any atom is 0.207 e. The first-order valence-electron chi connectivity index (χ1n) is 6.26. The summed E-state index contributed by atoms with van der Waals surface area (Å²) < 4.78 is 5.70. The van der Waals surface area contributed by atoms with Crippen molar-refractivity contribution in [2.75, 3.05) is 0 Å². The molecule has 0 saturated heterocycles. The van der Waals surface area contributed by atoms with Crippen molar-refractivity contribution in [2.24, 2.45) is 0 Å². The fraction of sp³-hybridized carbons (Fsp3) is 0.188. The molecule has 98 valence electrons. The van der Waals surface area contributed by atoms with Gasteiger partial charge in [0.2, 0.25) is 6.41 Å². The van der Waals surface area contributed by atoms with Gasteiger partial charge in [-0.25, -0.2) is 0 Å². The normalized spacial score (nSPS) is 11.6. The van der Waals surface area contributed by atoms with E-state index in [1.54, 1.807) is 0 Å². The first-order chi connectivity index (χ1) is 9.29. The number of nitrogens with one attached hydrogen (secondary N) is 1. The quantitative estimate of drug-likeness (QED) is 0.806. The SMILES string of the molecule is C[C@H](NC=O)c1ccc(OCc2ccccc2)cc1. The zero-order valence-corrected chi connectivity index (χ0v) is 10.9. The number of amides is 1. The molecule has 19 heavy (non-hydrogen) atoms. The second-order valence-corrected chi connectivity index (χ2v) is 4.35. The maximum atomic E-state index is 10.4. The summed E-state index contributed by atoms with van der Waals surface area (Å²) in [6.07, 6.45) is 0.713. The fourth-order valence-corrected chi connectivity index (χ4v) is 1.79. The van der Waals surface area contributed by atoms with Crippen molar-refractivity contribution in [1.82, 2.24) is 5.32 Å². The molecule has 1 amide bonds. The van der Waals surface area contributed by atoms with Gasteiger partial charge in [-0.3, -0.25) is 4.79 Å². The standard InChI is InChI=1S/C16H17NO2/c1-13(17-12-18)15-7-9-16(10-8-15)19-11-14-5-3-2-4-6-14/h2-10,12-13H,11H2,1H3,(H,17,18)/t13-/m0/s1. The summed E-state index contributed by atoms with van der Waals surface area (Å²) in [5, 5.41) is 2.72. The number of hydrogen-bond acceptors (Lipinski definition) is 2. The second kappa shape index (κ2) is 6.59. The van der Waals surface area contributed by atoms with E-state index in [1.165, 1.54) is 0 Å². The Kier molecular flexibility index (Phi) is 4.56. The lowest BCUT2D eigenvalue weighted by Gasteiger charge is -2.11. The molecule has 0 saturated carbocycles. The van der Waals surface area contributed by atoms with Gasteiger partial charge >= 0.3 is 0 Å². The molecule has 0 fully saturated rings. The molecule has 0 heterocycles. The van der Waals surface area contributed by atoms with Gasteiger partial charge in [0, 0.05) is 0 Å². The first-order valence-corrected chi connectivity index (χ1v) is 6.26. The van der Waals surface area contributed by atoms with Crippen LogP contribution in [0.5, 0.6) is 5.75 Å². The van der Waals surface area contributed by atoms with E-state index in [4.69, 9.17) is 4.74 Å². The molecule has 0 aliphatic heterocycles. The Bertz CT molecular complexity index is 508. The zero-order valence-electron chi connectivity index (χ0n) is 10.9. The van der Waals surface area contributed by atoms with Gasteiger partial charge in [-0.2, -0.15) is 0 Å². The van der Waals surface area contributed by atoms with Crippen LogP contribution in [-0.2, 0) is 11.4 Å². The highest BCUT2D eigenvalue weighted by Crippen LogP contribution is 2.18. The number of rotatable bonds is 6. The van der Waals surface area contributed by atoms with Crippen molar-refractivity contribution in [3.8, 4) is 5.75 Å². The molecular formula is C16H17NO2. The van der Waals surface area contributed by atoms with Crippen molar-refractivity contribution in [1.29, 1.82) is 0 Å².